The number of hydrogen-bond donors (Lipinski definition) is 2. The predicted octanol–water partition coefficient (Wildman–Crippen LogP) is 1.18. The summed E-state index contributed by atoms with van der Waals surface area (Å²) in [6, 6.07) is 5.76. The Bertz CT molecular complexity index is 308. The Balaban J connectivity index is 2.14. The lowest BCUT2D eigenvalue weighted by molar-refractivity contribution is -0.0490. The summed E-state index contributed by atoms with van der Waals surface area (Å²) in [5.74, 6) is 0. The highest BCUT2D eigenvalue weighted by atomic mass is 16.5. The number of para-hydroxylation sites is 1. The fraction of sp³-hybridized carbons (Fsp3) is 0.400. The maximum Gasteiger partial charge on any atom is 0.0638 e. The molecule has 0 aliphatic carbocycles. The zero-order valence-corrected chi connectivity index (χ0v) is 7.49. The number of benzene rings is 1. The van der Waals surface area contributed by atoms with Gasteiger partial charge < -0.3 is 16.2 Å². The predicted molar refractivity (Wildman–Crippen MR) is 53.3 cm³/mol. The van der Waals surface area contributed by atoms with Gasteiger partial charge in [-0.3, -0.25) is 0 Å². The van der Waals surface area contributed by atoms with E-state index in [-0.39, 0.29) is 0 Å². The molecule has 0 amide bonds. The van der Waals surface area contributed by atoms with E-state index < -0.39 is 0 Å². The number of anilines is 2. The Morgan fingerprint density at radius 2 is 2.15 bits per heavy atom. The van der Waals surface area contributed by atoms with Crippen molar-refractivity contribution in [1.29, 1.82) is 0 Å². The van der Waals surface area contributed by atoms with E-state index in [9.17, 15) is 0 Å². The molecule has 1 atom stereocenters. The monoisotopic (exact) mass is 178 g/mol. The smallest absolute Gasteiger partial charge is 0.0638 e. The molecule has 1 heterocycles. The number of ether oxygens (including phenoxy) is 1. The molecule has 1 saturated heterocycles. The SMILES string of the molecule is Nc1cccc(CC2CCO2)c1N. The maximum absolute atomic E-state index is 5.83. The van der Waals surface area contributed by atoms with Crippen LogP contribution in [0.4, 0.5) is 11.4 Å². The standard InChI is InChI=1S/C10H14N2O/c11-9-3-1-2-7(10(9)12)6-8-4-5-13-8/h1-3,8H,4-6,11-12H2. The first-order chi connectivity index (χ1) is 6.27. The topological polar surface area (TPSA) is 61.3 Å². The van der Waals surface area contributed by atoms with Gasteiger partial charge in [0.05, 0.1) is 17.5 Å². The summed E-state index contributed by atoms with van der Waals surface area (Å²) in [5.41, 5.74) is 14.0. The van der Waals surface area contributed by atoms with E-state index in [0.29, 0.717) is 17.5 Å². The molecule has 1 aromatic carbocycles. The van der Waals surface area contributed by atoms with Gasteiger partial charge in [0, 0.05) is 13.0 Å². The third-order valence-electron chi connectivity index (χ3n) is 2.47. The summed E-state index contributed by atoms with van der Waals surface area (Å²) >= 11 is 0. The van der Waals surface area contributed by atoms with Crippen LogP contribution in [0.5, 0.6) is 0 Å². The minimum Gasteiger partial charge on any atom is -0.397 e. The first-order valence-electron chi connectivity index (χ1n) is 4.52. The maximum atomic E-state index is 5.83. The molecule has 0 aromatic heterocycles. The molecule has 3 heteroatoms. The minimum atomic E-state index is 0.351. The average Bonchev–Trinajstić information content (AvgIpc) is 2.04. The molecular formula is C10H14N2O. The summed E-state index contributed by atoms with van der Waals surface area (Å²) in [4.78, 5) is 0. The van der Waals surface area contributed by atoms with E-state index in [4.69, 9.17) is 16.2 Å². The van der Waals surface area contributed by atoms with Gasteiger partial charge >= 0.3 is 0 Å². The largest absolute Gasteiger partial charge is 0.397 e. The van der Waals surface area contributed by atoms with Crippen LogP contribution in [0.1, 0.15) is 12.0 Å². The molecule has 1 unspecified atom stereocenters. The number of hydrogen-bond acceptors (Lipinski definition) is 3. The van der Waals surface area contributed by atoms with Gasteiger partial charge in [0.2, 0.25) is 0 Å². The zero-order chi connectivity index (χ0) is 9.26. The summed E-state index contributed by atoms with van der Waals surface area (Å²) in [5, 5.41) is 0. The quantitative estimate of drug-likeness (QED) is 0.668. The number of nitrogens with two attached hydrogens (primary N) is 2. The van der Waals surface area contributed by atoms with E-state index in [0.717, 1.165) is 25.0 Å². The van der Waals surface area contributed by atoms with Crippen molar-refractivity contribution in [3.05, 3.63) is 23.8 Å². The lowest BCUT2D eigenvalue weighted by Gasteiger charge is -2.27. The van der Waals surface area contributed by atoms with Gasteiger partial charge in [0.25, 0.3) is 0 Å². The molecule has 0 spiro atoms. The van der Waals surface area contributed by atoms with Gasteiger partial charge in [-0.2, -0.15) is 0 Å². The normalized spacial score (nSPS) is 21.1. The molecule has 0 radical (unpaired) electrons. The molecule has 70 valence electrons. The van der Waals surface area contributed by atoms with Crippen LogP contribution in [-0.4, -0.2) is 12.7 Å². The van der Waals surface area contributed by atoms with E-state index in [1.807, 2.05) is 18.2 Å². The van der Waals surface area contributed by atoms with Gasteiger partial charge in [-0.1, -0.05) is 12.1 Å². The second-order valence-corrected chi connectivity index (χ2v) is 3.41. The lowest BCUT2D eigenvalue weighted by Crippen LogP contribution is -2.29. The van der Waals surface area contributed by atoms with Gasteiger partial charge in [-0.25, -0.2) is 0 Å². The van der Waals surface area contributed by atoms with Crippen molar-refractivity contribution < 1.29 is 4.74 Å². The van der Waals surface area contributed by atoms with Crippen molar-refractivity contribution in [3.63, 3.8) is 0 Å². The molecule has 1 fully saturated rings. The van der Waals surface area contributed by atoms with Crippen LogP contribution in [0.25, 0.3) is 0 Å². The molecule has 0 saturated carbocycles. The third-order valence-corrected chi connectivity index (χ3v) is 2.47. The fourth-order valence-corrected chi connectivity index (χ4v) is 1.50. The Kier molecular flexibility index (Phi) is 2.10. The van der Waals surface area contributed by atoms with Crippen molar-refractivity contribution in [2.24, 2.45) is 0 Å². The fourth-order valence-electron chi connectivity index (χ4n) is 1.50. The summed E-state index contributed by atoms with van der Waals surface area (Å²) in [6.07, 6.45) is 2.37. The summed E-state index contributed by atoms with van der Waals surface area (Å²) in [6.45, 7) is 0.882. The first kappa shape index (κ1) is 8.38. The molecule has 1 aliphatic rings. The minimum absolute atomic E-state index is 0.351. The van der Waals surface area contributed by atoms with Crippen molar-refractivity contribution in [1.82, 2.24) is 0 Å². The highest BCUT2D eigenvalue weighted by Gasteiger charge is 2.19. The second-order valence-electron chi connectivity index (χ2n) is 3.41. The second kappa shape index (κ2) is 3.26. The van der Waals surface area contributed by atoms with Crippen LogP contribution in [-0.2, 0) is 11.2 Å². The average molecular weight is 178 g/mol. The van der Waals surface area contributed by atoms with Crippen molar-refractivity contribution >= 4 is 11.4 Å². The molecule has 3 nitrogen and oxygen atoms in total. The van der Waals surface area contributed by atoms with Gasteiger partial charge in [-0.15, -0.1) is 0 Å². The van der Waals surface area contributed by atoms with Crippen molar-refractivity contribution in [3.8, 4) is 0 Å². The van der Waals surface area contributed by atoms with Crippen molar-refractivity contribution in [2.45, 2.75) is 18.9 Å². The molecule has 2 rings (SSSR count). The van der Waals surface area contributed by atoms with E-state index in [2.05, 4.69) is 0 Å². The van der Waals surface area contributed by atoms with E-state index >= 15 is 0 Å². The Morgan fingerprint density at radius 3 is 2.77 bits per heavy atom. The molecule has 4 N–H and O–H groups in total. The van der Waals surface area contributed by atoms with Crippen LogP contribution in [0, 0.1) is 0 Å². The lowest BCUT2D eigenvalue weighted by atomic mass is 10.0. The Morgan fingerprint density at radius 1 is 1.38 bits per heavy atom. The van der Waals surface area contributed by atoms with E-state index in [1.54, 1.807) is 0 Å². The van der Waals surface area contributed by atoms with Crippen molar-refractivity contribution in [2.75, 3.05) is 18.1 Å². The Labute approximate surface area is 77.7 Å². The van der Waals surface area contributed by atoms with Crippen LogP contribution in [0.3, 0.4) is 0 Å². The van der Waals surface area contributed by atoms with Gasteiger partial charge in [-0.05, 0) is 18.1 Å². The third kappa shape index (κ3) is 1.60. The summed E-state index contributed by atoms with van der Waals surface area (Å²) in [7, 11) is 0. The van der Waals surface area contributed by atoms with Gasteiger partial charge in [0.1, 0.15) is 0 Å². The number of nitrogen functional groups attached to an aromatic ring is 2. The molecule has 1 aromatic rings. The molecule has 0 bridgehead atoms. The molecular weight excluding hydrogens is 164 g/mol. The Hall–Kier alpha value is -1.22. The van der Waals surface area contributed by atoms with E-state index in [1.165, 1.54) is 0 Å². The van der Waals surface area contributed by atoms with Gasteiger partial charge in [0.15, 0.2) is 0 Å². The highest BCUT2D eigenvalue weighted by molar-refractivity contribution is 5.67. The zero-order valence-electron chi connectivity index (χ0n) is 7.49. The molecule has 13 heavy (non-hydrogen) atoms. The molecule has 1 aliphatic heterocycles. The number of rotatable bonds is 2. The van der Waals surface area contributed by atoms with Crippen LogP contribution >= 0.6 is 0 Å². The van der Waals surface area contributed by atoms with Crippen LogP contribution in [0.2, 0.25) is 0 Å². The van der Waals surface area contributed by atoms with Crippen LogP contribution in [0.15, 0.2) is 18.2 Å². The summed E-state index contributed by atoms with van der Waals surface area (Å²) < 4.78 is 5.33. The first-order valence-corrected chi connectivity index (χ1v) is 4.52. The highest BCUT2D eigenvalue weighted by Crippen LogP contribution is 2.24. The van der Waals surface area contributed by atoms with Crippen LogP contribution < -0.4 is 11.5 Å².